The largest absolute Gasteiger partial charge is 0.497 e. The van der Waals surface area contributed by atoms with Gasteiger partial charge in [-0.1, -0.05) is 17.3 Å². The number of nitrogens with zero attached hydrogens (tertiary/aromatic N) is 4. The van der Waals surface area contributed by atoms with E-state index < -0.39 is 0 Å². The van der Waals surface area contributed by atoms with E-state index in [1.165, 1.54) is 10.7 Å². The second-order valence-corrected chi connectivity index (χ2v) is 6.84. The third-order valence-electron chi connectivity index (χ3n) is 4.87. The fourth-order valence-corrected chi connectivity index (χ4v) is 3.26. The Hall–Kier alpha value is -4.14. The summed E-state index contributed by atoms with van der Waals surface area (Å²) >= 11 is 0. The predicted molar refractivity (Wildman–Crippen MR) is 110 cm³/mol. The first kappa shape index (κ1) is 18.9. The Labute approximate surface area is 176 Å². The van der Waals surface area contributed by atoms with Gasteiger partial charge in [-0.2, -0.15) is 10.1 Å². The predicted octanol–water partition coefficient (Wildman–Crippen LogP) is 2.94. The number of benzene rings is 2. The molecule has 0 unspecified atom stereocenters. The molecule has 1 aliphatic heterocycles. The van der Waals surface area contributed by atoms with Crippen molar-refractivity contribution in [2.75, 3.05) is 13.9 Å². The minimum atomic E-state index is -0.206. The summed E-state index contributed by atoms with van der Waals surface area (Å²) in [4.78, 5) is 16.7. The Morgan fingerprint density at radius 3 is 2.84 bits per heavy atom. The summed E-state index contributed by atoms with van der Waals surface area (Å²) in [7, 11) is 1.61. The van der Waals surface area contributed by atoms with Crippen LogP contribution in [0.2, 0.25) is 0 Å². The molecule has 156 valence electrons. The van der Waals surface area contributed by atoms with Crippen LogP contribution < -0.4 is 19.8 Å². The van der Waals surface area contributed by atoms with Gasteiger partial charge in [0.05, 0.1) is 19.3 Å². The molecule has 0 radical (unpaired) electrons. The van der Waals surface area contributed by atoms with E-state index in [4.69, 9.17) is 18.7 Å². The van der Waals surface area contributed by atoms with Crippen LogP contribution in [0.25, 0.3) is 22.6 Å². The van der Waals surface area contributed by atoms with Crippen molar-refractivity contribution in [3.05, 3.63) is 70.8 Å². The van der Waals surface area contributed by atoms with Crippen molar-refractivity contribution in [2.45, 2.75) is 13.0 Å². The number of rotatable bonds is 6. The van der Waals surface area contributed by atoms with Crippen LogP contribution in [-0.4, -0.2) is 33.8 Å². The molecule has 9 nitrogen and oxygen atoms in total. The first-order valence-electron chi connectivity index (χ1n) is 9.65. The Morgan fingerprint density at radius 1 is 1.03 bits per heavy atom. The van der Waals surface area contributed by atoms with Crippen LogP contribution in [0.15, 0.2) is 63.9 Å². The van der Waals surface area contributed by atoms with Crippen molar-refractivity contribution in [1.29, 1.82) is 0 Å². The summed E-state index contributed by atoms with van der Waals surface area (Å²) in [5, 5.41) is 8.49. The van der Waals surface area contributed by atoms with Crippen molar-refractivity contribution < 1.29 is 18.7 Å². The minimum Gasteiger partial charge on any atom is -0.497 e. The zero-order valence-corrected chi connectivity index (χ0v) is 16.6. The van der Waals surface area contributed by atoms with Gasteiger partial charge in [0.15, 0.2) is 11.5 Å². The highest BCUT2D eigenvalue weighted by Gasteiger charge is 2.16. The molecule has 0 spiro atoms. The number of ether oxygens (including phenoxy) is 3. The molecular formula is C22H18N4O5. The molecule has 2 aromatic heterocycles. The molecule has 0 saturated heterocycles. The van der Waals surface area contributed by atoms with Gasteiger partial charge in [-0.05, 0) is 36.4 Å². The van der Waals surface area contributed by atoms with E-state index in [0.29, 0.717) is 41.9 Å². The number of aromatic nitrogens is 4. The van der Waals surface area contributed by atoms with Crippen molar-refractivity contribution in [1.82, 2.24) is 19.9 Å². The smallest absolute Gasteiger partial charge is 0.266 e. The lowest BCUT2D eigenvalue weighted by atomic mass is 10.1. The van der Waals surface area contributed by atoms with Gasteiger partial charge < -0.3 is 18.7 Å². The first-order valence-corrected chi connectivity index (χ1v) is 9.65. The number of hydrogen-bond donors (Lipinski definition) is 0. The van der Waals surface area contributed by atoms with Crippen LogP contribution in [-0.2, 0) is 13.0 Å². The standard InChI is InChI=1S/C22H18N4O5/c1-28-16-4-2-3-14(11-16)17-6-8-21(27)26(24-17)10-9-20-23-22(25-31-20)15-5-7-18-19(12-15)30-13-29-18/h2-8,11-12H,9-10,13H2,1H3. The van der Waals surface area contributed by atoms with Gasteiger partial charge in [0.1, 0.15) is 5.75 Å². The van der Waals surface area contributed by atoms with Gasteiger partial charge >= 0.3 is 0 Å². The van der Waals surface area contributed by atoms with Gasteiger partial charge in [-0.25, -0.2) is 4.68 Å². The molecule has 2 aromatic carbocycles. The average Bonchev–Trinajstić information content (AvgIpc) is 3.47. The number of hydrogen-bond acceptors (Lipinski definition) is 8. The van der Waals surface area contributed by atoms with Gasteiger partial charge in [-0.3, -0.25) is 4.79 Å². The minimum absolute atomic E-state index is 0.201. The molecule has 0 fully saturated rings. The highest BCUT2D eigenvalue weighted by Crippen LogP contribution is 2.35. The quantitative estimate of drug-likeness (QED) is 0.471. The maximum absolute atomic E-state index is 12.3. The van der Waals surface area contributed by atoms with E-state index in [-0.39, 0.29) is 12.4 Å². The van der Waals surface area contributed by atoms with E-state index in [0.717, 1.165) is 16.9 Å². The molecule has 4 aromatic rings. The van der Waals surface area contributed by atoms with Gasteiger partial charge in [0, 0.05) is 23.6 Å². The molecule has 1 aliphatic rings. The SMILES string of the molecule is COc1cccc(-c2ccc(=O)n(CCc3nc(-c4ccc5c(c4)OCO5)no3)n2)c1. The van der Waals surface area contributed by atoms with Crippen molar-refractivity contribution >= 4 is 0 Å². The molecule has 9 heteroatoms. The summed E-state index contributed by atoms with van der Waals surface area (Å²) in [5.41, 5.74) is 2.08. The Kier molecular flexibility index (Phi) is 4.83. The van der Waals surface area contributed by atoms with Crippen LogP contribution in [0.5, 0.6) is 17.2 Å². The Balaban J connectivity index is 1.33. The van der Waals surface area contributed by atoms with Crippen LogP contribution in [0, 0.1) is 0 Å². The van der Waals surface area contributed by atoms with E-state index in [1.54, 1.807) is 25.3 Å². The molecule has 0 aliphatic carbocycles. The summed E-state index contributed by atoms with van der Waals surface area (Å²) in [5.74, 6) is 2.91. The summed E-state index contributed by atoms with van der Waals surface area (Å²) in [6, 6.07) is 16.1. The highest BCUT2D eigenvalue weighted by molar-refractivity contribution is 5.61. The van der Waals surface area contributed by atoms with Crippen molar-refractivity contribution in [3.8, 4) is 39.9 Å². The van der Waals surface area contributed by atoms with Crippen LogP contribution in [0.4, 0.5) is 0 Å². The third-order valence-corrected chi connectivity index (χ3v) is 4.87. The molecule has 31 heavy (non-hydrogen) atoms. The summed E-state index contributed by atoms with van der Waals surface area (Å²) < 4.78 is 22.7. The van der Waals surface area contributed by atoms with E-state index in [2.05, 4.69) is 15.2 Å². The lowest BCUT2D eigenvalue weighted by Crippen LogP contribution is -2.23. The number of aryl methyl sites for hydroxylation is 2. The van der Waals surface area contributed by atoms with E-state index in [9.17, 15) is 4.79 Å². The van der Waals surface area contributed by atoms with E-state index >= 15 is 0 Å². The summed E-state index contributed by atoms with van der Waals surface area (Å²) in [6.07, 6.45) is 0.367. The molecule has 0 atom stereocenters. The lowest BCUT2D eigenvalue weighted by molar-refractivity contribution is 0.174. The average molecular weight is 418 g/mol. The second kappa shape index (κ2) is 7.94. The maximum Gasteiger partial charge on any atom is 0.266 e. The number of methoxy groups -OCH3 is 1. The second-order valence-electron chi connectivity index (χ2n) is 6.84. The van der Waals surface area contributed by atoms with Crippen LogP contribution in [0.3, 0.4) is 0 Å². The molecule has 5 rings (SSSR count). The molecule has 3 heterocycles. The monoisotopic (exact) mass is 418 g/mol. The fraction of sp³-hybridized carbons (Fsp3) is 0.182. The molecular weight excluding hydrogens is 400 g/mol. The molecule has 0 bridgehead atoms. The first-order chi connectivity index (χ1) is 15.2. The Bertz CT molecular complexity index is 1300. The fourth-order valence-electron chi connectivity index (χ4n) is 3.26. The summed E-state index contributed by atoms with van der Waals surface area (Å²) in [6.45, 7) is 0.506. The highest BCUT2D eigenvalue weighted by atomic mass is 16.7. The van der Waals surface area contributed by atoms with Crippen molar-refractivity contribution in [2.24, 2.45) is 0 Å². The van der Waals surface area contributed by atoms with Gasteiger partial charge in [0.25, 0.3) is 5.56 Å². The molecule has 0 amide bonds. The topological polar surface area (TPSA) is 102 Å². The van der Waals surface area contributed by atoms with Gasteiger partial charge in [0.2, 0.25) is 18.5 Å². The zero-order chi connectivity index (χ0) is 21.2. The van der Waals surface area contributed by atoms with Crippen LogP contribution >= 0.6 is 0 Å². The van der Waals surface area contributed by atoms with Crippen LogP contribution in [0.1, 0.15) is 5.89 Å². The van der Waals surface area contributed by atoms with E-state index in [1.807, 2.05) is 30.3 Å². The molecule has 0 N–H and O–H groups in total. The Morgan fingerprint density at radius 2 is 1.94 bits per heavy atom. The lowest BCUT2D eigenvalue weighted by Gasteiger charge is -2.07. The maximum atomic E-state index is 12.3. The normalized spacial score (nSPS) is 12.2. The zero-order valence-electron chi connectivity index (χ0n) is 16.6. The third kappa shape index (κ3) is 3.85. The molecule has 0 saturated carbocycles. The van der Waals surface area contributed by atoms with Crippen molar-refractivity contribution in [3.63, 3.8) is 0 Å². The van der Waals surface area contributed by atoms with Gasteiger partial charge in [-0.15, -0.1) is 0 Å². The number of fused-ring (bicyclic) bond motifs is 1.